The molecule has 0 spiro atoms. The molecule has 7 nitrogen and oxygen atoms in total. The summed E-state index contributed by atoms with van der Waals surface area (Å²) in [5.41, 5.74) is -1.97. The van der Waals surface area contributed by atoms with E-state index in [-0.39, 0.29) is 20.8 Å². The lowest BCUT2D eigenvalue weighted by atomic mass is 10.3. The maximum Gasteiger partial charge on any atom is 0.336 e. The summed E-state index contributed by atoms with van der Waals surface area (Å²) in [4.78, 5) is 21.5. The van der Waals surface area contributed by atoms with Crippen molar-refractivity contribution in [3.63, 3.8) is 0 Å². The van der Waals surface area contributed by atoms with Crippen molar-refractivity contribution < 1.29 is 10.0 Å². The molecule has 0 saturated heterocycles. The fourth-order valence-corrected chi connectivity index (χ4v) is 2.44. The molecule has 2 rings (SSSR count). The fraction of sp³-hybridized carbons (Fsp3) is 0. The molecule has 0 aliphatic carbocycles. The third-order valence-electron chi connectivity index (χ3n) is 2.32. The molecular weight excluding hydrogens is 332 g/mol. The van der Waals surface area contributed by atoms with Crippen molar-refractivity contribution in [1.29, 1.82) is 0 Å². The van der Waals surface area contributed by atoms with E-state index in [1.165, 1.54) is 12.1 Å². The highest BCUT2D eigenvalue weighted by Gasteiger charge is 2.22. The molecule has 0 bridgehead atoms. The molecule has 10 heteroatoms. The van der Waals surface area contributed by atoms with Crippen molar-refractivity contribution in [3.8, 4) is 11.4 Å². The highest BCUT2D eigenvalue weighted by atomic mass is 35.5. The van der Waals surface area contributed by atoms with E-state index >= 15 is 0 Å². The molecule has 0 amide bonds. The summed E-state index contributed by atoms with van der Waals surface area (Å²) in [7, 11) is 0. The Bertz CT molecular complexity index is 752. The summed E-state index contributed by atoms with van der Waals surface area (Å²) in [5.74, 6) is -1.06. The number of halogens is 3. The van der Waals surface area contributed by atoms with E-state index in [0.29, 0.717) is 4.68 Å². The Labute approximate surface area is 126 Å². The zero-order chi connectivity index (χ0) is 15.0. The number of rotatable bonds is 2. The molecular formula is C10H4Cl3N3O4. The number of nitrogens with zero attached hydrogens (tertiary/aromatic N) is 3. The van der Waals surface area contributed by atoms with Gasteiger partial charge in [-0.2, -0.15) is 9.78 Å². The summed E-state index contributed by atoms with van der Waals surface area (Å²) in [6, 6.07) is 2.63. The first-order valence-corrected chi connectivity index (χ1v) is 6.07. The lowest BCUT2D eigenvalue weighted by molar-refractivity contribution is -0.386. The molecule has 0 aliphatic heterocycles. The maximum atomic E-state index is 11.9. The highest BCUT2D eigenvalue weighted by molar-refractivity contribution is 6.40. The average molecular weight is 337 g/mol. The molecule has 0 aliphatic rings. The Hall–Kier alpha value is -1.83. The van der Waals surface area contributed by atoms with Gasteiger partial charge in [-0.25, -0.2) is 0 Å². The van der Waals surface area contributed by atoms with E-state index in [2.05, 4.69) is 5.10 Å². The predicted octanol–water partition coefficient (Wildman–Crippen LogP) is 2.81. The van der Waals surface area contributed by atoms with Gasteiger partial charge in [0, 0.05) is 5.02 Å². The molecule has 1 heterocycles. The van der Waals surface area contributed by atoms with Crippen LogP contribution in [0.4, 0.5) is 5.69 Å². The number of hydrogen-bond donors (Lipinski definition) is 1. The van der Waals surface area contributed by atoms with Gasteiger partial charge in [-0.1, -0.05) is 34.8 Å². The van der Waals surface area contributed by atoms with Gasteiger partial charge in [0.1, 0.15) is 11.9 Å². The van der Waals surface area contributed by atoms with E-state index < -0.39 is 21.9 Å². The monoisotopic (exact) mass is 335 g/mol. The lowest BCUT2D eigenvalue weighted by Crippen LogP contribution is -2.22. The van der Waals surface area contributed by atoms with Gasteiger partial charge >= 0.3 is 11.2 Å². The molecule has 1 aromatic carbocycles. The second kappa shape index (κ2) is 5.28. The van der Waals surface area contributed by atoms with Gasteiger partial charge < -0.3 is 5.11 Å². The van der Waals surface area contributed by atoms with Gasteiger partial charge in [-0.05, 0) is 12.1 Å². The first kappa shape index (κ1) is 14.6. The second-order valence-corrected chi connectivity index (χ2v) is 4.82. The van der Waals surface area contributed by atoms with Crippen LogP contribution in [-0.2, 0) is 0 Å². The van der Waals surface area contributed by atoms with Gasteiger partial charge in [0.25, 0.3) is 5.75 Å². The summed E-state index contributed by atoms with van der Waals surface area (Å²) >= 11 is 17.6. The number of aromatic nitrogens is 2. The molecule has 1 N–H and O–H groups in total. The number of nitro groups is 1. The topological polar surface area (TPSA) is 98.3 Å². The minimum absolute atomic E-state index is 0.00496. The van der Waals surface area contributed by atoms with Crippen molar-refractivity contribution in [3.05, 3.63) is 53.9 Å². The first-order chi connectivity index (χ1) is 9.32. The largest absolute Gasteiger partial charge is 0.498 e. The molecule has 104 valence electrons. The van der Waals surface area contributed by atoms with Crippen LogP contribution in [0.25, 0.3) is 5.69 Å². The Morgan fingerprint density at radius 3 is 2.30 bits per heavy atom. The lowest BCUT2D eigenvalue weighted by Gasteiger charge is -2.09. The van der Waals surface area contributed by atoms with Crippen molar-refractivity contribution in [2.45, 2.75) is 0 Å². The van der Waals surface area contributed by atoms with Crippen LogP contribution in [0.3, 0.4) is 0 Å². The molecule has 0 radical (unpaired) electrons. The van der Waals surface area contributed by atoms with Gasteiger partial charge in [0.15, 0.2) is 0 Å². The van der Waals surface area contributed by atoms with Crippen molar-refractivity contribution >= 4 is 40.5 Å². The zero-order valence-corrected chi connectivity index (χ0v) is 11.6. The normalized spacial score (nSPS) is 10.6. The molecule has 0 fully saturated rings. The van der Waals surface area contributed by atoms with Crippen LogP contribution in [0.2, 0.25) is 15.1 Å². The van der Waals surface area contributed by atoms with E-state index in [9.17, 15) is 20.0 Å². The minimum atomic E-state index is -1.12. The van der Waals surface area contributed by atoms with Gasteiger partial charge in [-0.15, -0.1) is 0 Å². The van der Waals surface area contributed by atoms with Gasteiger partial charge in [-0.3, -0.25) is 14.9 Å². The van der Waals surface area contributed by atoms with Crippen LogP contribution in [0.1, 0.15) is 0 Å². The Morgan fingerprint density at radius 1 is 1.25 bits per heavy atom. The predicted molar refractivity (Wildman–Crippen MR) is 73.2 cm³/mol. The van der Waals surface area contributed by atoms with Crippen molar-refractivity contribution in [2.75, 3.05) is 0 Å². The van der Waals surface area contributed by atoms with Gasteiger partial charge in [0.2, 0.25) is 0 Å². The van der Waals surface area contributed by atoms with Crippen molar-refractivity contribution in [2.24, 2.45) is 0 Å². The summed E-state index contributed by atoms with van der Waals surface area (Å²) in [6.45, 7) is 0. The summed E-state index contributed by atoms with van der Waals surface area (Å²) < 4.78 is 0.656. The second-order valence-electron chi connectivity index (χ2n) is 3.57. The van der Waals surface area contributed by atoms with Crippen LogP contribution in [-0.4, -0.2) is 19.8 Å². The Kier molecular flexibility index (Phi) is 3.85. The Balaban J connectivity index is 2.76. The van der Waals surface area contributed by atoms with E-state index in [0.717, 1.165) is 6.20 Å². The standard InChI is InChI=1S/C10H4Cl3N3O4/c11-4-1-5(12)8(6(13)2-4)15-10(18)9(17)7(3-14-15)16(19)20/h1-3,17H. The summed E-state index contributed by atoms with van der Waals surface area (Å²) in [6.07, 6.45) is 0.720. The fourth-order valence-electron chi connectivity index (χ4n) is 1.47. The molecule has 0 atom stereocenters. The molecule has 1 aromatic heterocycles. The number of hydrogen-bond acceptors (Lipinski definition) is 5. The number of aromatic hydroxyl groups is 1. The quantitative estimate of drug-likeness (QED) is 0.671. The SMILES string of the molecule is O=c1c(O)c([N+](=O)[O-])cnn1-c1c(Cl)cc(Cl)cc1Cl. The van der Waals surface area contributed by atoms with Crippen LogP contribution in [0.5, 0.6) is 5.75 Å². The molecule has 2 aromatic rings. The van der Waals surface area contributed by atoms with E-state index in [1.807, 2.05) is 0 Å². The molecule has 0 unspecified atom stereocenters. The third-order valence-corrected chi connectivity index (χ3v) is 3.12. The van der Waals surface area contributed by atoms with E-state index in [4.69, 9.17) is 34.8 Å². The van der Waals surface area contributed by atoms with E-state index in [1.54, 1.807) is 0 Å². The number of benzene rings is 1. The van der Waals surface area contributed by atoms with Crippen molar-refractivity contribution in [1.82, 2.24) is 9.78 Å². The minimum Gasteiger partial charge on any atom is -0.498 e. The van der Waals surface area contributed by atoms with Crippen LogP contribution in [0, 0.1) is 10.1 Å². The van der Waals surface area contributed by atoms with Crippen LogP contribution >= 0.6 is 34.8 Å². The smallest absolute Gasteiger partial charge is 0.336 e. The molecule has 0 saturated carbocycles. The third kappa shape index (κ3) is 2.43. The van der Waals surface area contributed by atoms with Crippen LogP contribution < -0.4 is 5.56 Å². The average Bonchev–Trinajstić information content (AvgIpc) is 2.32. The molecule has 20 heavy (non-hydrogen) atoms. The highest BCUT2D eigenvalue weighted by Crippen LogP contribution is 2.31. The maximum absolute atomic E-state index is 11.9. The zero-order valence-electron chi connectivity index (χ0n) is 9.38. The van der Waals surface area contributed by atoms with Crippen LogP contribution in [0.15, 0.2) is 23.1 Å². The summed E-state index contributed by atoms with van der Waals surface area (Å²) in [5, 5.41) is 23.9. The first-order valence-electron chi connectivity index (χ1n) is 4.93. The Morgan fingerprint density at radius 2 is 1.80 bits per heavy atom. The van der Waals surface area contributed by atoms with Gasteiger partial charge in [0.05, 0.1) is 15.0 Å².